The smallest absolute Gasteiger partial charge is 0.0958 e. The molecule has 0 aromatic heterocycles. The van der Waals surface area contributed by atoms with Crippen LogP contribution in [0.1, 0.15) is 36.8 Å². The minimum atomic E-state index is -0.195. The fourth-order valence-corrected chi connectivity index (χ4v) is 3.18. The van der Waals surface area contributed by atoms with Crippen molar-refractivity contribution < 1.29 is 9.84 Å². The Hall–Kier alpha value is -0.860. The third-order valence-electron chi connectivity index (χ3n) is 3.93. The molecule has 1 saturated heterocycles. The van der Waals surface area contributed by atoms with Crippen molar-refractivity contribution in [3.63, 3.8) is 0 Å². The van der Waals surface area contributed by atoms with Gasteiger partial charge in [0.1, 0.15) is 0 Å². The predicted molar refractivity (Wildman–Crippen MR) is 62.3 cm³/mol. The molecule has 2 atom stereocenters. The molecular weight excluding hydrogens is 200 g/mol. The van der Waals surface area contributed by atoms with Gasteiger partial charge in [-0.25, -0.2) is 0 Å². The molecule has 1 aromatic rings. The average Bonchev–Trinajstić information content (AvgIpc) is 2.30. The first-order valence-electron chi connectivity index (χ1n) is 6.21. The van der Waals surface area contributed by atoms with E-state index in [-0.39, 0.29) is 11.7 Å². The van der Waals surface area contributed by atoms with Crippen molar-refractivity contribution in [3.05, 3.63) is 35.4 Å². The quantitative estimate of drug-likeness (QED) is 0.724. The van der Waals surface area contributed by atoms with Crippen LogP contribution in [-0.2, 0) is 16.8 Å². The van der Waals surface area contributed by atoms with Gasteiger partial charge in [-0.3, -0.25) is 0 Å². The van der Waals surface area contributed by atoms with E-state index in [9.17, 15) is 5.11 Å². The topological polar surface area (TPSA) is 29.5 Å². The highest BCUT2D eigenvalue weighted by Crippen LogP contribution is 2.44. The first kappa shape index (κ1) is 10.3. The van der Waals surface area contributed by atoms with Gasteiger partial charge in [-0.05, 0) is 36.8 Å². The minimum Gasteiger partial charge on any atom is -0.393 e. The number of rotatable bonds is 0. The lowest BCUT2D eigenvalue weighted by Gasteiger charge is -2.43. The molecule has 3 rings (SSSR count). The highest BCUT2D eigenvalue weighted by molar-refractivity contribution is 5.35. The van der Waals surface area contributed by atoms with Crippen molar-refractivity contribution >= 4 is 0 Å². The van der Waals surface area contributed by atoms with E-state index in [4.69, 9.17) is 4.74 Å². The van der Waals surface area contributed by atoms with Crippen LogP contribution in [0.2, 0.25) is 0 Å². The van der Waals surface area contributed by atoms with Gasteiger partial charge in [-0.15, -0.1) is 0 Å². The lowest BCUT2D eigenvalue weighted by atomic mass is 9.74. The molecule has 0 bridgehead atoms. The maximum atomic E-state index is 9.87. The van der Waals surface area contributed by atoms with E-state index in [1.807, 2.05) is 0 Å². The summed E-state index contributed by atoms with van der Waals surface area (Å²) in [6, 6.07) is 8.54. The van der Waals surface area contributed by atoms with E-state index in [1.54, 1.807) is 0 Å². The number of ether oxygens (including phenoxy) is 1. The molecule has 2 heteroatoms. The van der Waals surface area contributed by atoms with Crippen molar-refractivity contribution in [1.82, 2.24) is 0 Å². The zero-order valence-corrected chi connectivity index (χ0v) is 9.48. The fourth-order valence-electron chi connectivity index (χ4n) is 3.18. The number of hydrogen-bond donors (Lipinski definition) is 1. The second kappa shape index (κ2) is 3.86. The highest BCUT2D eigenvalue weighted by atomic mass is 16.5. The number of aliphatic hydroxyl groups excluding tert-OH is 1. The van der Waals surface area contributed by atoms with Crippen LogP contribution in [0, 0.1) is 0 Å². The Morgan fingerprint density at radius 3 is 3.06 bits per heavy atom. The second-order valence-electron chi connectivity index (χ2n) is 5.00. The molecule has 86 valence electrons. The molecule has 2 nitrogen and oxygen atoms in total. The molecule has 0 radical (unpaired) electrons. The zero-order valence-electron chi connectivity index (χ0n) is 9.48. The molecule has 16 heavy (non-hydrogen) atoms. The second-order valence-corrected chi connectivity index (χ2v) is 5.00. The summed E-state index contributed by atoms with van der Waals surface area (Å²) < 4.78 is 6.04. The van der Waals surface area contributed by atoms with Gasteiger partial charge in [0, 0.05) is 6.42 Å². The summed E-state index contributed by atoms with van der Waals surface area (Å²) in [5.41, 5.74) is 2.54. The van der Waals surface area contributed by atoms with Crippen molar-refractivity contribution in [1.29, 1.82) is 0 Å². The maximum Gasteiger partial charge on any atom is 0.0958 e. The summed E-state index contributed by atoms with van der Waals surface area (Å²) in [6.07, 6.45) is 4.73. The van der Waals surface area contributed by atoms with Crippen LogP contribution in [0.3, 0.4) is 0 Å². The van der Waals surface area contributed by atoms with Crippen molar-refractivity contribution in [2.45, 2.75) is 43.8 Å². The molecule has 1 N–H and O–H groups in total. The van der Waals surface area contributed by atoms with Gasteiger partial charge >= 0.3 is 0 Å². The first-order valence-corrected chi connectivity index (χ1v) is 6.21. The van der Waals surface area contributed by atoms with Gasteiger partial charge in [-0.2, -0.15) is 0 Å². The molecule has 1 fully saturated rings. The molecule has 1 aliphatic heterocycles. The van der Waals surface area contributed by atoms with Crippen LogP contribution in [0.5, 0.6) is 0 Å². The fraction of sp³-hybridized carbons (Fsp3) is 0.571. The summed E-state index contributed by atoms with van der Waals surface area (Å²) in [5.74, 6) is 0. The Labute approximate surface area is 96.2 Å². The molecular formula is C14H18O2. The van der Waals surface area contributed by atoms with Gasteiger partial charge < -0.3 is 9.84 Å². The Morgan fingerprint density at radius 2 is 2.19 bits per heavy atom. The van der Waals surface area contributed by atoms with Gasteiger partial charge in [0.05, 0.1) is 18.3 Å². The van der Waals surface area contributed by atoms with Crippen LogP contribution >= 0.6 is 0 Å². The van der Waals surface area contributed by atoms with Crippen LogP contribution in [0.15, 0.2) is 24.3 Å². The van der Waals surface area contributed by atoms with Gasteiger partial charge in [0.15, 0.2) is 0 Å². The van der Waals surface area contributed by atoms with Crippen LogP contribution < -0.4 is 0 Å². The van der Waals surface area contributed by atoms with Crippen LogP contribution in [0.25, 0.3) is 0 Å². The van der Waals surface area contributed by atoms with Gasteiger partial charge in [0.2, 0.25) is 0 Å². The average molecular weight is 218 g/mol. The number of hydrogen-bond acceptors (Lipinski definition) is 2. The SMILES string of the molecule is OC1CCOC2(CCCc3ccccc32)C1. The third-order valence-corrected chi connectivity index (χ3v) is 3.93. The van der Waals surface area contributed by atoms with E-state index in [2.05, 4.69) is 24.3 Å². The minimum absolute atomic E-state index is 0.188. The van der Waals surface area contributed by atoms with Crippen molar-refractivity contribution in [3.8, 4) is 0 Å². The van der Waals surface area contributed by atoms with E-state index >= 15 is 0 Å². The zero-order chi connectivity index (χ0) is 11.0. The summed E-state index contributed by atoms with van der Waals surface area (Å²) in [6.45, 7) is 0.690. The lowest BCUT2D eigenvalue weighted by Crippen LogP contribution is -2.42. The highest BCUT2D eigenvalue weighted by Gasteiger charge is 2.41. The Morgan fingerprint density at radius 1 is 1.31 bits per heavy atom. The Kier molecular flexibility index (Phi) is 2.49. The van der Waals surface area contributed by atoms with E-state index < -0.39 is 0 Å². The molecule has 2 unspecified atom stereocenters. The van der Waals surface area contributed by atoms with Crippen LogP contribution in [0.4, 0.5) is 0 Å². The van der Waals surface area contributed by atoms with Crippen LogP contribution in [-0.4, -0.2) is 17.8 Å². The number of aliphatic hydroxyl groups is 1. The number of fused-ring (bicyclic) bond motifs is 2. The molecule has 1 aromatic carbocycles. The summed E-state index contributed by atoms with van der Waals surface area (Å²) in [4.78, 5) is 0. The maximum absolute atomic E-state index is 9.87. The lowest BCUT2D eigenvalue weighted by molar-refractivity contribution is -0.132. The monoisotopic (exact) mass is 218 g/mol. The molecule has 1 aliphatic carbocycles. The summed E-state index contributed by atoms with van der Waals surface area (Å²) in [7, 11) is 0. The normalized spacial score (nSPS) is 33.7. The Balaban J connectivity index is 2.02. The van der Waals surface area contributed by atoms with Crippen molar-refractivity contribution in [2.75, 3.05) is 6.61 Å². The Bertz CT molecular complexity index is 388. The first-order chi connectivity index (χ1) is 7.80. The van der Waals surface area contributed by atoms with Gasteiger partial charge in [-0.1, -0.05) is 24.3 Å². The molecule has 0 amide bonds. The standard InChI is InChI=1S/C14H18O2/c15-12-7-9-16-14(10-12)8-3-5-11-4-1-2-6-13(11)14/h1-2,4,6,12,15H,3,5,7-10H2. The molecule has 2 aliphatic rings. The van der Waals surface area contributed by atoms with E-state index in [0.29, 0.717) is 6.61 Å². The summed E-state index contributed by atoms with van der Waals surface area (Å²) in [5, 5.41) is 9.87. The molecule has 1 heterocycles. The van der Waals surface area contributed by atoms with E-state index in [1.165, 1.54) is 17.5 Å². The third kappa shape index (κ3) is 1.57. The van der Waals surface area contributed by atoms with Crippen molar-refractivity contribution in [2.24, 2.45) is 0 Å². The van der Waals surface area contributed by atoms with Gasteiger partial charge in [0.25, 0.3) is 0 Å². The number of aryl methyl sites for hydroxylation is 1. The predicted octanol–water partition coefficient (Wildman–Crippen LogP) is 2.39. The number of benzene rings is 1. The summed E-state index contributed by atoms with van der Waals surface area (Å²) >= 11 is 0. The largest absolute Gasteiger partial charge is 0.393 e. The molecule has 0 saturated carbocycles. The molecule has 1 spiro atoms. The van der Waals surface area contributed by atoms with E-state index in [0.717, 1.165) is 25.7 Å².